The molecule has 100 valence electrons. The van der Waals surface area contributed by atoms with Gasteiger partial charge >= 0.3 is 0 Å². The predicted molar refractivity (Wildman–Crippen MR) is 70.0 cm³/mol. The smallest absolute Gasteiger partial charge is 0.223 e. The number of hydrogen-bond donors (Lipinski definition) is 0. The fourth-order valence-electron chi connectivity index (χ4n) is 2.50. The summed E-state index contributed by atoms with van der Waals surface area (Å²) >= 11 is 0. The molecule has 19 heavy (non-hydrogen) atoms. The van der Waals surface area contributed by atoms with Crippen LogP contribution in [0.3, 0.4) is 0 Å². The maximum Gasteiger partial charge on any atom is 0.223 e. The Morgan fingerprint density at radius 3 is 2.95 bits per heavy atom. The molecule has 1 aliphatic rings. The number of anilines is 1. The zero-order valence-electron chi connectivity index (χ0n) is 11.2. The number of rotatable bonds is 2. The molecule has 0 aliphatic carbocycles. The maximum absolute atomic E-state index is 5.07. The fraction of sp³-hybridized carbons (Fsp3) is 0.538. The van der Waals surface area contributed by atoms with Crippen molar-refractivity contribution in [2.24, 2.45) is 0 Å². The van der Waals surface area contributed by atoms with Crippen LogP contribution in [0, 0.1) is 13.8 Å². The van der Waals surface area contributed by atoms with Gasteiger partial charge < -0.3 is 9.42 Å². The number of aryl methyl sites for hydroxylation is 2. The molecule has 6 heteroatoms. The topological polar surface area (TPSA) is 67.9 Å². The number of piperidine rings is 1. The van der Waals surface area contributed by atoms with Crippen molar-refractivity contribution in [3.05, 3.63) is 29.8 Å². The van der Waals surface area contributed by atoms with Crippen LogP contribution in [0.2, 0.25) is 0 Å². The third-order valence-corrected chi connectivity index (χ3v) is 3.42. The summed E-state index contributed by atoms with van der Waals surface area (Å²) < 4.78 is 5.07. The first-order valence-electron chi connectivity index (χ1n) is 6.57. The fourth-order valence-corrected chi connectivity index (χ4v) is 2.50. The Labute approximate surface area is 111 Å². The van der Waals surface area contributed by atoms with E-state index in [4.69, 9.17) is 4.52 Å². The van der Waals surface area contributed by atoms with Gasteiger partial charge in [-0.3, -0.25) is 0 Å². The van der Waals surface area contributed by atoms with Gasteiger partial charge in [0.15, 0.2) is 5.82 Å². The first kappa shape index (κ1) is 12.1. The lowest BCUT2D eigenvalue weighted by Crippen LogP contribution is -2.35. The number of hydrogen-bond acceptors (Lipinski definition) is 6. The van der Waals surface area contributed by atoms with Gasteiger partial charge in [0.2, 0.25) is 5.89 Å². The minimum atomic E-state index is 0.321. The van der Waals surface area contributed by atoms with E-state index in [0.29, 0.717) is 11.8 Å². The molecule has 1 atom stereocenters. The average Bonchev–Trinajstić information content (AvgIpc) is 2.86. The largest absolute Gasteiger partial charge is 0.356 e. The molecule has 0 spiro atoms. The molecule has 2 aromatic heterocycles. The van der Waals surface area contributed by atoms with Crippen molar-refractivity contribution in [2.45, 2.75) is 32.6 Å². The molecule has 2 aromatic rings. The van der Waals surface area contributed by atoms with Gasteiger partial charge in [-0.15, -0.1) is 0 Å². The van der Waals surface area contributed by atoms with Crippen molar-refractivity contribution in [2.75, 3.05) is 18.0 Å². The molecule has 1 aliphatic heterocycles. The monoisotopic (exact) mass is 259 g/mol. The van der Waals surface area contributed by atoms with Crippen molar-refractivity contribution in [3.8, 4) is 0 Å². The zero-order chi connectivity index (χ0) is 13.2. The van der Waals surface area contributed by atoms with Crippen LogP contribution >= 0.6 is 0 Å². The Morgan fingerprint density at radius 2 is 2.21 bits per heavy atom. The van der Waals surface area contributed by atoms with Gasteiger partial charge in [0, 0.05) is 32.1 Å². The third-order valence-electron chi connectivity index (χ3n) is 3.42. The van der Waals surface area contributed by atoms with E-state index in [-0.39, 0.29) is 0 Å². The molecular formula is C13H17N5O. The standard InChI is InChI=1S/C13H17N5O/c1-9-14-6-5-12(15-9)18-7-3-4-11(8-18)13-16-10(2)19-17-13/h5-6,11H,3-4,7-8H2,1-2H3/t11-/m1/s1. The van der Waals surface area contributed by atoms with E-state index >= 15 is 0 Å². The predicted octanol–water partition coefficient (Wildman–Crippen LogP) is 1.86. The Balaban J connectivity index is 1.78. The molecule has 0 unspecified atom stereocenters. The van der Waals surface area contributed by atoms with Gasteiger partial charge in [0.1, 0.15) is 11.6 Å². The Bertz CT molecular complexity index is 568. The van der Waals surface area contributed by atoms with Gasteiger partial charge in [-0.25, -0.2) is 9.97 Å². The Kier molecular flexibility index (Phi) is 3.15. The summed E-state index contributed by atoms with van der Waals surface area (Å²) in [4.78, 5) is 15.2. The van der Waals surface area contributed by atoms with Crippen molar-refractivity contribution in [3.63, 3.8) is 0 Å². The molecule has 0 radical (unpaired) electrons. The van der Waals surface area contributed by atoms with Crippen LogP contribution < -0.4 is 4.90 Å². The molecule has 1 fully saturated rings. The molecule has 0 bridgehead atoms. The number of nitrogens with zero attached hydrogens (tertiary/aromatic N) is 5. The van der Waals surface area contributed by atoms with E-state index in [2.05, 4.69) is 25.0 Å². The zero-order valence-corrected chi connectivity index (χ0v) is 11.2. The van der Waals surface area contributed by atoms with Gasteiger partial charge in [-0.2, -0.15) is 4.98 Å². The third kappa shape index (κ3) is 2.57. The van der Waals surface area contributed by atoms with E-state index in [1.807, 2.05) is 19.9 Å². The Hall–Kier alpha value is -1.98. The van der Waals surface area contributed by atoms with Crippen LogP contribution in [0.1, 0.15) is 36.3 Å². The highest BCUT2D eigenvalue weighted by Crippen LogP contribution is 2.27. The molecule has 0 aromatic carbocycles. The second kappa shape index (κ2) is 4.95. The maximum atomic E-state index is 5.07. The van der Waals surface area contributed by atoms with Crippen molar-refractivity contribution >= 4 is 5.82 Å². The number of aromatic nitrogens is 4. The second-order valence-corrected chi connectivity index (χ2v) is 4.92. The highest BCUT2D eigenvalue weighted by atomic mass is 16.5. The van der Waals surface area contributed by atoms with Crippen molar-refractivity contribution in [1.29, 1.82) is 0 Å². The Morgan fingerprint density at radius 1 is 1.32 bits per heavy atom. The molecule has 0 amide bonds. The van der Waals surface area contributed by atoms with Gasteiger partial charge in [-0.05, 0) is 25.8 Å². The van der Waals surface area contributed by atoms with Crippen LogP contribution in [0.25, 0.3) is 0 Å². The molecular weight excluding hydrogens is 242 g/mol. The van der Waals surface area contributed by atoms with Gasteiger partial charge in [-0.1, -0.05) is 5.16 Å². The van der Waals surface area contributed by atoms with Crippen LogP contribution in [0.5, 0.6) is 0 Å². The van der Waals surface area contributed by atoms with Crippen LogP contribution in [0.15, 0.2) is 16.8 Å². The molecule has 3 rings (SSSR count). The summed E-state index contributed by atoms with van der Waals surface area (Å²) in [5, 5.41) is 4.04. The highest BCUT2D eigenvalue weighted by Gasteiger charge is 2.25. The molecule has 0 saturated carbocycles. The first-order chi connectivity index (χ1) is 9.22. The van der Waals surface area contributed by atoms with E-state index in [1.165, 1.54) is 0 Å². The summed E-state index contributed by atoms with van der Waals surface area (Å²) in [7, 11) is 0. The second-order valence-electron chi connectivity index (χ2n) is 4.92. The average molecular weight is 259 g/mol. The SMILES string of the molecule is Cc1nccc(N2CCC[C@@H](c3noc(C)n3)C2)n1. The van der Waals surface area contributed by atoms with Crippen LogP contribution in [0.4, 0.5) is 5.82 Å². The molecule has 1 saturated heterocycles. The van der Waals surface area contributed by atoms with Crippen LogP contribution in [-0.4, -0.2) is 33.2 Å². The van der Waals surface area contributed by atoms with Gasteiger partial charge in [0.25, 0.3) is 0 Å². The molecule has 0 N–H and O–H groups in total. The summed E-state index contributed by atoms with van der Waals surface area (Å²) in [6.07, 6.45) is 4.01. The summed E-state index contributed by atoms with van der Waals surface area (Å²) in [6.45, 7) is 5.64. The summed E-state index contributed by atoms with van der Waals surface area (Å²) in [5.41, 5.74) is 0. The van der Waals surface area contributed by atoms with Crippen molar-refractivity contribution in [1.82, 2.24) is 20.1 Å². The van der Waals surface area contributed by atoms with E-state index in [9.17, 15) is 0 Å². The van der Waals surface area contributed by atoms with Gasteiger partial charge in [0.05, 0.1) is 0 Å². The summed E-state index contributed by atoms with van der Waals surface area (Å²) in [6, 6.07) is 1.96. The summed E-state index contributed by atoms with van der Waals surface area (Å²) in [5.74, 6) is 3.55. The lowest BCUT2D eigenvalue weighted by Gasteiger charge is -2.32. The van der Waals surface area contributed by atoms with E-state index in [0.717, 1.165) is 43.4 Å². The minimum absolute atomic E-state index is 0.321. The minimum Gasteiger partial charge on any atom is -0.356 e. The first-order valence-corrected chi connectivity index (χ1v) is 6.57. The lowest BCUT2D eigenvalue weighted by atomic mass is 9.97. The normalized spacial score (nSPS) is 19.7. The van der Waals surface area contributed by atoms with E-state index in [1.54, 1.807) is 6.20 Å². The van der Waals surface area contributed by atoms with E-state index < -0.39 is 0 Å². The van der Waals surface area contributed by atoms with Crippen LogP contribution in [-0.2, 0) is 0 Å². The molecule has 3 heterocycles. The van der Waals surface area contributed by atoms with Crippen molar-refractivity contribution < 1.29 is 4.52 Å². The highest BCUT2D eigenvalue weighted by molar-refractivity contribution is 5.38. The molecule has 6 nitrogen and oxygen atoms in total. The lowest BCUT2D eigenvalue weighted by molar-refractivity contribution is 0.376. The quantitative estimate of drug-likeness (QED) is 0.820.